The average Bonchev–Trinajstić information content (AvgIpc) is 2.72. The standard InChI is InChI=1S/C28H44N2O/c1-19(2)23-11-9-12-24(20(3)4)27(23)29-15-17-31-18-16-30-28-25(21(5)6)13-10-14-26(28)22(7)8/h9-14,19-22,29-30H,15-18H2,1-8H3. The summed E-state index contributed by atoms with van der Waals surface area (Å²) in [5, 5.41) is 7.31. The predicted octanol–water partition coefficient (Wildman–Crippen LogP) is 7.72. The Morgan fingerprint density at radius 2 is 0.839 bits per heavy atom. The molecule has 0 unspecified atom stereocenters. The predicted molar refractivity (Wildman–Crippen MR) is 137 cm³/mol. The van der Waals surface area contributed by atoms with Gasteiger partial charge in [0, 0.05) is 24.5 Å². The molecule has 0 saturated carbocycles. The van der Waals surface area contributed by atoms with Gasteiger partial charge in [0.1, 0.15) is 0 Å². The number of rotatable bonds is 12. The van der Waals surface area contributed by atoms with E-state index in [1.165, 1.54) is 33.6 Å². The van der Waals surface area contributed by atoms with Crippen molar-refractivity contribution in [3.63, 3.8) is 0 Å². The molecule has 0 spiro atoms. The van der Waals surface area contributed by atoms with Crippen LogP contribution < -0.4 is 10.6 Å². The second-order valence-electron chi connectivity index (χ2n) is 9.71. The van der Waals surface area contributed by atoms with Crippen LogP contribution in [0.15, 0.2) is 36.4 Å². The SMILES string of the molecule is CC(C)c1cccc(C(C)C)c1NCCOCCNc1c(C(C)C)cccc1C(C)C. The number of ether oxygens (including phenoxy) is 1. The number of anilines is 2. The van der Waals surface area contributed by atoms with Gasteiger partial charge in [-0.3, -0.25) is 0 Å². The van der Waals surface area contributed by atoms with Crippen LogP contribution in [0.4, 0.5) is 11.4 Å². The summed E-state index contributed by atoms with van der Waals surface area (Å²) in [4.78, 5) is 0. The molecule has 0 heterocycles. The van der Waals surface area contributed by atoms with Crippen molar-refractivity contribution < 1.29 is 4.74 Å². The smallest absolute Gasteiger partial charge is 0.0639 e. The Balaban J connectivity index is 1.87. The molecular formula is C28H44N2O. The van der Waals surface area contributed by atoms with Crippen LogP contribution in [0.3, 0.4) is 0 Å². The van der Waals surface area contributed by atoms with E-state index in [0.29, 0.717) is 36.9 Å². The van der Waals surface area contributed by atoms with Crippen LogP contribution in [-0.4, -0.2) is 26.3 Å². The minimum atomic E-state index is 0.502. The summed E-state index contributed by atoms with van der Waals surface area (Å²) in [6.07, 6.45) is 0. The van der Waals surface area contributed by atoms with Gasteiger partial charge in [0.15, 0.2) is 0 Å². The van der Waals surface area contributed by atoms with E-state index in [-0.39, 0.29) is 0 Å². The van der Waals surface area contributed by atoms with Crippen LogP contribution >= 0.6 is 0 Å². The summed E-state index contributed by atoms with van der Waals surface area (Å²) in [5.74, 6) is 2.01. The second-order valence-corrected chi connectivity index (χ2v) is 9.71. The van der Waals surface area contributed by atoms with E-state index in [0.717, 1.165) is 13.1 Å². The number of hydrogen-bond donors (Lipinski definition) is 2. The van der Waals surface area contributed by atoms with Gasteiger partial charge in [-0.1, -0.05) is 91.8 Å². The van der Waals surface area contributed by atoms with Crippen molar-refractivity contribution in [2.75, 3.05) is 36.9 Å². The van der Waals surface area contributed by atoms with Gasteiger partial charge < -0.3 is 15.4 Å². The number of hydrogen-bond acceptors (Lipinski definition) is 3. The van der Waals surface area contributed by atoms with E-state index in [2.05, 4.69) is 102 Å². The van der Waals surface area contributed by atoms with Gasteiger partial charge in [0.2, 0.25) is 0 Å². The van der Waals surface area contributed by atoms with Crippen LogP contribution in [0.1, 0.15) is 101 Å². The van der Waals surface area contributed by atoms with Crippen molar-refractivity contribution in [2.24, 2.45) is 0 Å². The molecule has 0 aromatic heterocycles. The van der Waals surface area contributed by atoms with E-state index in [4.69, 9.17) is 4.74 Å². The maximum atomic E-state index is 5.95. The highest BCUT2D eigenvalue weighted by Gasteiger charge is 2.14. The van der Waals surface area contributed by atoms with E-state index in [9.17, 15) is 0 Å². The topological polar surface area (TPSA) is 33.3 Å². The van der Waals surface area contributed by atoms with Crippen LogP contribution in [0.25, 0.3) is 0 Å². The van der Waals surface area contributed by atoms with Crippen LogP contribution in [0.5, 0.6) is 0 Å². The quantitative estimate of drug-likeness (QED) is 0.342. The fraction of sp³-hybridized carbons (Fsp3) is 0.571. The molecule has 0 aliphatic carbocycles. The third kappa shape index (κ3) is 7.00. The monoisotopic (exact) mass is 424 g/mol. The van der Waals surface area contributed by atoms with Gasteiger partial charge >= 0.3 is 0 Å². The first-order chi connectivity index (χ1) is 14.7. The second kappa shape index (κ2) is 12.1. The molecule has 0 amide bonds. The Labute approximate surface area is 191 Å². The molecule has 0 bridgehead atoms. The minimum absolute atomic E-state index is 0.502. The molecule has 2 aromatic rings. The lowest BCUT2D eigenvalue weighted by Crippen LogP contribution is -2.17. The largest absolute Gasteiger partial charge is 0.382 e. The first-order valence-electron chi connectivity index (χ1n) is 12.0. The summed E-state index contributed by atoms with van der Waals surface area (Å²) < 4.78 is 5.95. The molecular weight excluding hydrogens is 380 g/mol. The van der Waals surface area contributed by atoms with E-state index in [1.807, 2.05) is 0 Å². The summed E-state index contributed by atoms with van der Waals surface area (Å²) in [7, 11) is 0. The first-order valence-corrected chi connectivity index (χ1v) is 12.0. The molecule has 0 aliphatic rings. The Morgan fingerprint density at radius 1 is 0.548 bits per heavy atom. The summed E-state index contributed by atoms with van der Waals surface area (Å²) in [6.45, 7) is 21.1. The van der Waals surface area contributed by atoms with E-state index in [1.54, 1.807) is 0 Å². The number of benzene rings is 2. The fourth-order valence-corrected chi connectivity index (χ4v) is 4.11. The molecule has 3 heteroatoms. The average molecular weight is 425 g/mol. The molecule has 0 atom stereocenters. The third-order valence-corrected chi connectivity index (χ3v) is 5.84. The summed E-state index contributed by atoms with van der Waals surface area (Å²) in [6, 6.07) is 13.3. The summed E-state index contributed by atoms with van der Waals surface area (Å²) >= 11 is 0. The molecule has 0 radical (unpaired) electrons. The van der Waals surface area contributed by atoms with Gasteiger partial charge in [-0.05, 0) is 45.9 Å². The lowest BCUT2D eigenvalue weighted by Gasteiger charge is -2.21. The van der Waals surface area contributed by atoms with Gasteiger partial charge in [0.05, 0.1) is 13.2 Å². The molecule has 3 nitrogen and oxygen atoms in total. The zero-order valence-corrected chi connectivity index (χ0v) is 21.0. The highest BCUT2D eigenvalue weighted by atomic mass is 16.5. The minimum Gasteiger partial charge on any atom is -0.382 e. The third-order valence-electron chi connectivity index (χ3n) is 5.84. The zero-order valence-electron chi connectivity index (χ0n) is 21.0. The lowest BCUT2D eigenvalue weighted by atomic mass is 9.92. The van der Waals surface area contributed by atoms with E-state index >= 15 is 0 Å². The molecule has 2 rings (SSSR count). The molecule has 2 N–H and O–H groups in total. The van der Waals surface area contributed by atoms with Gasteiger partial charge in [-0.25, -0.2) is 0 Å². The van der Waals surface area contributed by atoms with E-state index < -0.39 is 0 Å². The van der Waals surface area contributed by atoms with Crippen LogP contribution in [0.2, 0.25) is 0 Å². The Morgan fingerprint density at radius 3 is 1.10 bits per heavy atom. The first kappa shape index (κ1) is 25.3. The molecule has 2 aromatic carbocycles. The molecule has 0 aliphatic heterocycles. The molecule has 0 saturated heterocycles. The summed E-state index contributed by atoms with van der Waals surface area (Å²) in [5.41, 5.74) is 8.14. The van der Waals surface area contributed by atoms with Crippen molar-refractivity contribution in [1.82, 2.24) is 0 Å². The number of para-hydroxylation sites is 2. The normalized spacial score (nSPS) is 11.7. The van der Waals surface area contributed by atoms with Gasteiger partial charge in [-0.15, -0.1) is 0 Å². The van der Waals surface area contributed by atoms with Crippen LogP contribution in [-0.2, 0) is 4.74 Å². The fourth-order valence-electron chi connectivity index (χ4n) is 4.11. The van der Waals surface area contributed by atoms with Crippen molar-refractivity contribution >= 4 is 11.4 Å². The van der Waals surface area contributed by atoms with Crippen molar-refractivity contribution in [2.45, 2.75) is 79.1 Å². The lowest BCUT2D eigenvalue weighted by molar-refractivity contribution is 0.154. The van der Waals surface area contributed by atoms with Gasteiger partial charge in [0.25, 0.3) is 0 Å². The highest BCUT2D eigenvalue weighted by Crippen LogP contribution is 2.33. The Kier molecular flexibility index (Phi) is 9.90. The molecule has 0 fully saturated rings. The van der Waals surface area contributed by atoms with Crippen molar-refractivity contribution in [3.05, 3.63) is 58.7 Å². The molecule has 31 heavy (non-hydrogen) atoms. The Bertz CT molecular complexity index is 689. The highest BCUT2D eigenvalue weighted by molar-refractivity contribution is 5.61. The maximum Gasteiger partial charge on any atom is 0.0639 e. The number of nitrogens with one attached hydrogen (secondary N) is 2. The molecule has 172 valence electrons. The van der Waals surface area contributed by atoms with Crippen molar-refractivity contribution in [1.29, 1.82) is 0 Å². The zero-order chi connectivity index (χ0) is 23.0. The van der Waals surface area contributed by atoms with Gasteiger partial charge in [-0.2, -0.15) is 0 Å². The van der Waals surface area contributed by atoms with Crippen LogP contribution in [0, 0.1) is 0 Å². The Hall–Kier alpha value is -2.00. The maximum absolute atomic E-state index is 5.95. The van der Waals surface area contributed by atoms with Crippen molar-refractivity contribution in [3.8, 4) is 0 Å².